The molecule has 0 amide bonds. The van der Waals surface area contributed by atoms with Gasteiger partial charge < -0.3 is 10.7 Å². The molecule has 0 aliphatic carbocycles. The van der Waals surface area contributed by atoms with E-state index in [1.807, 2.05) is 13.8 Å². The van der Waals surface area contributed by atoms with E-state index in [0.717, 1.165) is 6.07 Å². The molecule has 0 aliphatic heterocycles. The van der Waals surface area contributed by atoms with Crippen molar-refractivity contribution >= 4 is 12.1 Å². The Hall–Kier alpha value is 0.215. The summed E-state index contributed by atoms with van der Waals surface area (Å²) < 4.78 is 35.9. The Morgan fingerprint density at radius 1 is 1.31 bits per heavy atom. The van der Waals surface area contributed by atoms with Crippen LogP contribution in [0.5, 0.6) is 0 Å². The molecule has 1 N–H and O–H groups in total. The molecule has 0 saturated heterocycles. The minimum absolute atomic E-state index is 0. The molecule has 0 unspecified atom stereocenters. The number of halogens is 3. The molecule has 0 aliphatic rings. The Morgan fingerprint density at radius 3 is 2.12 bits per heavy atom. The standard InChI is InChI=1S/C7H5F3N2O.C2H6.Rb/c8-7(9,10)5-2-1-4(3-13)6(11)12-5;1-2;/h1-3H,(H2,11,12,13);1-2H3;/q;;+1/p-1. The molecule has 1 rings (SSSR count). The van der Waals surface area contributed by atoms with Gasteiger partial charge in [-0.15, -0.1) is 0 Å². The molecule has 0 bridgehead atoms. The van der Waals surface area contributed by atoms with E-state index in [-0.39, 0.29) is 70.0 Å². The van der Waals surface area contributed by atoms with Crippen LogP contribution in [-0.4, -0.2) is 11.3 Å². The molecular weight excluding hydrogens is 295 g/mol. The zero-order valence-electron chi connectivity index (χ0n) is 9.22. The van der Waals surface area contributed by atoms with E-state index in [1.165, 1.54) is 0 Å². The van der Waals surface area contributed by atoms with Crippen LogP contribution in [0.1, 0.15) is 29.9 Å². The van der Waals surface area contributed by atoms with Crippen molar-refractivity contribution in [1.82, 2.24) is 4.98 Å². The zero-order chi connectivity index (χ0) is 12.1. The van der Waals surface area contributed by atoms with Crippen LogP contribution in [0.25, 0.3) is 5.73 Å². The van der Waals surface area contributed by atoms with E-state index in [9.17, 15) is 18.0 Å². The van der Waals surface area contributed by atoms with Crippen LogP contribution in [0.4, 0.5) is 19.0 Å². The number of hydrogen-bond donors (Lipinski definition) is 0. The number of alkyl halides is 3. The average molecular weight is 305 g/mol. The summed E-state index contributed by atoms with van der Waals surface area (Å²) in [5.41, 5.74) is 5.63. The van der Waals surface area contributed by atoms with Crippen molar-refractivity contribution in [3.8, 4) is 0 Å². The van der Waals surface area contributed by atoms with Gasteiger partial charge in [-0.2, -0.15) is 13.2 Å². The van der Waals surface area contributed by atoms with Gasteiger partial charge in [0.2, 0.25) is 0 Å². The number of carbonyl (C=O) groups is 1. The Balaban J connectivity index is 0. The van der Waals surface area contributed by atoms with Crippen molar-refractivity contribution in [2.45, 2.75) is 20.0 Å². The van der Waals surface area contributed by atoms with Crippen LogP contribution in [0.3, 0.4) is 0 Å². The molecule has 3 nitrogen and oxygen atoms in total. The number of aldehydes is 1. The van der Waals surface area contributed by atoms with Gasteiger partial charge in [-0.05, 0) is 0 Å². The summed E-state index contributed by atoms with van der Waals surface area (Å²) in [4.78, 5) is 13.1. The van der Waals surface area contributed by atoms with Crippen LogP contribution in [0.2, 0.25) is 0 Å². The van der Waals surface area contributed by atoms with Crippen LogP contribution in [-0.2, 0) is 6.18 Å². The van der Waals surface area contributed by atoms with Crippen LogP contribution in [0.15, 0.2) is 12.1 Å². The largest absolute Gasteiger partial charge is 1.00 e. The van der Waals surface area contributed by atoms with E-state index in [0.29, 0.717) is 6.07 Å². The fourth-order valence-corrected chi connectivity index (χ4v) is 0.723. The Morgan fingerprint density at radius 2 is 1.81 bits per heavy atom. The third-order valence-corrected chi connectivity index (χ3v) is 1.34. The zero-order valence-corrected chi connectivity index (χ0v) is 14.1. The third-order valence-electron chi connectivity index (χ3n) is 1.34. The molecule has 0 spiro atoms. The first-order valence-corrected chi connectivity index (χ1v) is 4.20. The summed E-state index contributed by atoms with van der Waals surface area (Å²) in [5.74, 6) is -0.662. The molecule has 84 valence electrons. The van der Waals surface area contributed by atoms with Gasteiger partial charge in [0, 0.05) is 11.3 Å². The molecule has 0 aromatic carbocycles. The number of rotatable bonds is 1. The molecule has 1 heterocycles. The number of hydrogen-bond acceptors (Lipinski definition) is 2. The molecule has 16 heavy (non-hydrogen) atoms. The van der Waals surface area contributed by atoms with Crippen LogP contribution < -0.4 is 58.2 Å². The maximum atomic E-state index is 12.0. The molecule has 0 fully saturated rings. The Kier molecular flexibility index (Phi) is 9.67. The minimum atomic E-state index is -4.57. The van der Waals surface area contributed by atoms with Gasteiger partial charge in [0.05, 0.1) is 0 Å². The third kappa shape index (κ3) is 5.52. The second-order valence-electron chi connectivity index (χ2n) is 2.25. The van der Waals surface area contributed by atoms with Crippen molar-refractivity contribution in [2.24, 2.45) is 0 Å². The maximum absolute atomic E-state index is 12.0. The molecule has 7 heteroatoms. The average Bonchev–Trinajstić information content (AvgIpc) is 2.19. The molecule has 1 aromatic heterocycles. The second kappa shape index (κ2) is 8.33. The first-order chi connectivity index (χ1) is 6.95. The van der Waals surface area contributed by atoms with Crippen molar-refractivity contribution in [1.29, 1.82) is 0 Å². The molecule has 0 radical (unpaired) electrons. The predicted molar refractivity (Wildman–Crippen MR) is 50.0 cm³/mol. The summed E-state index contributed by atoms with van der Waals surface area (Å²) >= 11 is 0. The number of nitrogens with zero attached hydrogens (tertiary/aromatic N) is 1. The van der Waals surface area contributed by atoms with Crippen molar-refractivity contribution in [3.05, 3.63) is 29.1 Å². The van der Waals surface area contributed by atoms with Crippen LogP contribution in [0, 0.1) is 0 Å². The number of aromatic nitrogens is 1. The summed E-state index contributed by atoms with van der Waals surface area (Å²) in [7, 11) is 0. The van der Waals surface area contributed by atoms with Gasteiger partial charge in [0.15, 0.2) is 0 Å². The summed E-state index contributed by atoms with van der Waals surface area (Å²) in [6.07, 6.45) is -4.29. The maximum Gasteiger partial charge on any atom is 1.00 e. The smallest absolute Gasteiger partial charge is 0.481 e. The first-order valence-electron chi connectivity index (χ1n) is 4.20. The Bertz CT molecular complexity index is 342. The number of pyridine rings is 1. The van der Waals surface area contributed by atoms with Gasteiger partial charge in [-0.3, -0.25) is 4.79 Å². The SMILES string of the molecule is CC.[NH-]c1nc(C(F)(F)F)ccc1C=O.[Rb+]. The predicted octanol–water partition coefficient (Wildman–Crippen LogP) is 0.627. The molecule has 0 saturated carbocycles. The topological polar surface area (TPSA) is 53.8 Å². The van der Waals surface area contributed by atoms with Crippen molar-refractivity contribution in [3.63, 3.8) is 0 Å². The number of nitrogens with one attached hydrogen (secondary N) is 1. The van der Waals surface area contributed by atoms with Crippen molar-refractivity contribution in [2.75, 3.05) is 0 Å². The summed E-state index contributed by atoms with van der Waals surface area (Å²) in [5, 5.41) is 0. The van der Waals surface area contributed by atoms with E-state index in [2.05, 4.69) is 4.98 Å². The van der Waals surface area contributed by atoms with Crippen molar-refractivity contribution < 1.29 is 76.2 Å². The van der Waals surface area contributed by atoms with Gasteiger partial charge in [0.25, 0.3) is 0 Å². The van der Waals surface area contributed by atoms with Gasteiger partial charge in [0.1, 0.15) is 6.29 Å². The minimum Gasteiger partial charge on any atom is -0.481 e. The summed E-state index contributed by atoms with van der Waals surface area (Å²) in [6.45, 7) is 4.00. The van der Waals surface area contributed by atoms with Gasteiger partial charge in [-0.25, -0.2) is 0 Å². The van der Waals surface area contributed by atoms with E-state index >= 15 is 0 Å². The second-order valence-corrected chi connectivity index (χ2v) is 2.25. The molecule has 0 atom stereocenters. The molecular formula is C9H10F3N2ORb. The van der Waals surface area contributed by atoms with E-state index < -0.39 is 17.7 Å². The summed E-state index contributed by atoms with van der Waals surface area (Å²) in [6, 6.07) is 1.59. The van der Waals surface area contributed by atoms with E-state index in [1.54, 1.807) is 0 Å². The van der Waals surface area contributed by atoms with Gasteiger partial charge in [-0.1, -0.05) is 31.8 Å². The fraction of sp³-hybridized carbons (Fsp3) is 0.333. The quantitative estimate of drug-likeness (QED) is 0.715. The first kappa shape index (κ1) is 18.6. The molecule has 1 aromatic rings. The normalized spacial score (nSPS) is 9.56. The van der Waals surface area contributed by atoms with Crippen LogP contribution >= 0.6 is 0 Å². The monoisotopic (exact) mass is 304 g/mol. The van der Waals surface area contributed by atoms with Gasteiger partial charge >= 0.3 is 64.4 Å². The van der Waals surface area contributed by atoms with E-state index in [4.69, 9.17) is 5.73 Å². The fourth-order valence-electron chi connectivity index (χ4n) is 0.723. The number of carbonyl (C=O) groups excluding carboxylic acids is 1. The Labute approximate surface area is 140 Å².